The van der Waals surface area contributed by atoms with Gasteiger partial charge in [-0.25, -0.2) is 26.3 Å². The summed E-state index contributed by atoms with van der Waals surface area (Å²) >= 11 is 0. The van der Waals surface area contributed by atoms with E-state index in [2.05, 4.69) is 9.44 Å². The highest BCUT2D eigenvalue weighted by atomic mass is 32.2. The summed E-state index contributed by atoms with van der Waals surface area (Å²) in [5, 5.41) is 0. The molecule has 0 heterocycles. The molecule has 0 spiro atoms. The third kappa shape index (κ3) is 5.98. The second-order valence-electron chi connectivity index (χ2n) is 7.67. The molecular weight excluding hydrogens is 468 g/mol. The third-order valence-electron chi connectivity index (χ3n) is 5.28. The van der Waals surface area contributed by atoms with E-state index >= 15 is 0 Å². The van der Waals surface area contributed by atoms with Crippen LogP contribution < -0.4 is 9.44 Å². The highest BCUT2D eigenvalue weighted by Crippen LogP contribution is 2.23. The number of hydrogen-bond donors (Lipinski definition) is 2. The molecule has 0 aliphatic heterocycles. The summed E-state index contributed by atoms with van der Waals surface area (Å²) in [7, 11) is -7.30. The molecule has 2 N–H and O–H groups in total. The van der Waals surface area contributed by atoms with Crippen molar-refractivity contribution in [2.75, 3.05) is 0 Å². The quantitative estimate of drug-likeness (QED) is 0.364. The lowest BCUT2D eigenvalue weighted by Gasteiger charge is -2.09. The fourth-order valence-corrected chi connectivity index (χ4v) is 5.40. The largest absolute Gasteiger partial charge is 0.240 e. The average Bonchev–Trinajstić information content (AvgIpc) is 2.88. The molecule has 0 aliphatic carbocycles. The summed E-state index contributed by atoms with van der Waals surface area (Å²) in [5.41, 5.74) is 3.30. The van der Waals surface area contributed by atoms with Crippen molar-refractivity contribution in [3.05, 3.63) is 120 Å². The van der Waals surface area contributed by atoms with Gasteiger partial charge in [-0.3, -0.25) is 0 Å². The maximum atomic E-state index is 12.6. The molecule has 34 heavy (non-hydrogen) atoms. The van der Waals surface area contributed by atoms with Crippen LogP contribution >= 0.6 is 0 Å². The van der Waals surface area contributed by atoms with Crippen molar-refractivity contribution in [2.24, 2.45) is 0 Å². The van der Waals surface area contributed by atoms with E-state index in [1.807, 2.05) is 60.7 Å². The second-order valence-corrected chi connectivity index (χ2v) is 11.2. The van der Waals surface area contributed by atoms with Crippen LogP contribution in [0.15, 0.2) is 119 Å². The van der Waals surface area contributed by atoms with Gasteiger partial charge >= 0.3 is 0 Å². The average molecular weight is 493 g/mol. The van der Waals surface area contributed by atoms with Gasteiger partial charge in [-0.2, -0.15) is 0 Å². The van der Waals surface area contributed by atoms with Gasteiger partial charge in [0.1, 0.15) is 0 Å². The molecule has 0 bridgehead atoms. The fraction of sp³-hybridized carbons (Fsp3) is 0.0769. The SMILES string of the molecule is O=S(=O)(NCc1ccccc1)c1ccc(-c2ccc(S(=O)(=O)NCc3ccccc3)cc2)cc1. The van der Waals surface area contributed by atoms with Crippen LogP contribution in [0.5, 0.6) is 0 Å². The Balaban J connectivity index is 1.42. The molecule has 4 aromatic carbocycles. The molecule has 0 aliphatic rings. The van der Waals surface area contributed by atoms with Crippen molar-refractivity contribution < 1.29 is 16.8 Å². The van der Waals surface area contributed by atoms with Crippen LogP contribution in [-0.2, 0) is 33.1 Å². The summed E-state index contributed by atoms with van der Waals surface area (Å²) in [6.45, 7) is 0.415. The minimum atomic E-state index is -3.65. The maximum Gasteiger partial charge on any atom is 0.240 e. The lowest BCUT2D eigenvalue weighted by Crippen LogP contribution is -2.23. The van der Waals surface area contributed by atoms with E-state index in [-0.39, 0.29) is 22.9 Å². The lowest BCUT2D eigenvalue weighted by atomic mass is 10.1. The third-order valence-corrected chi connectivity index (χ3v) is 8.12. The van der Waals surface area contributed by atoms with Crippen LogP contribution in [0.1, 0.15) is 11.1 Å². The maximum absolute atomic E-state index is 12.6. The minimum absolute atomic E-state index is 0.163. The van der Waals surface area contributed by atoms with Crippen LogP contribution in [0.3, 0.4) is 0 Å². The van der Waals surface area contributed by atoms with E-state index in [9.17, 15) is 16.8 Å². The van der Waals surface area contributed by atoms with Crippen molar-refractivity contribution in [1.29, 1.82) is 0 Å². The first-order valence-corrected chi connectivity index (χ1v) is 13.6. The Kier molecular flexibility index (Phi) is 7.23. The van der Waals surface area contributed by atoms with E-state index in [0.717, 1.165) is 22.3 Å². The summed E-state index contributed by atoms with van der Waals surface area (Å²) in [6.07, 6.45) is 0. The molecule has 174 valence electrons. The molecule has 0 radical (unpaired) electrons. The van der Waals surface area contributed by atoms with Crippen LogP contribution in [-0.4, -0.2) is 16.8 Å². The molecule has 0 saturated heterocycles. The fourth-order valence-electron chi connectivity index (χ4n) is 3.37. The molecule has 6 nitrogen and oxygen atoms in total. The molecule has 0 aromatic heterocycles. The van der Waals surface area contributed by atoms with E-state index in [4.69, 9.17) is 0 Å². The van der Waals surface area contributed by atoms with Gasteiger partial charge in [0, 0.05) is 13.1 Å². The van der Waals surface area contributed by atoms with E-state index in [1.54, 1.807) is 24.3 Å². The molecule has 0 amide bonds. The Hall–Kier alpha value is -3.30. The van der Waals surface area contributed by atoms with Crippen molar-refractivity contribution in [3.63, 3.8) is 0 Å². The van der Waals surface area contributed by atoms with Gasteiger partial charge < -0.3 is 0 Å². The predicted octanol–water partition coefficient (Wildman–Crippen LogP) is 4.31. The van der Waals surface area contributed by atoms with Crippen LogP contribution in [0.4, 0.5) is 0 Å². The van der Waals surface area contributed by atoms with Crippen molar-refractivity contribution in [3.8, 4) is 11.1 Å². The van der Waals surface area contributed by atoms with Crippen molar-refractivity contribution in [2.45, 2.75) is 22.9 Å². The molecular formula is C26H24N2O4S2. The molecule has 4 aromatic rings. The Morgan fingerprint density at radius 1 is 0.441 bits per heavy atom. The molecule has 8 heteroatoms. The number of rotatable bonds is 9. The molecule has 4 rings (SSSR count). The van der Waals surface area contributed by atoms with Crippen LogP contribution in [0, 0.1) is 0 Å². The summed E-state index contributed by atoms with van der Waals surface area (Å²) in [5.74, 6) is 0. The molecule has 0 saturated carbocycles. The first-order chi connectivity index (χ1) is 16.3. The van der Waals surface area contributed by atoms with E-state index in [1.165, 1.54) is 24.3 Å². The second kappa shape index (κ2) is 10.3. The Labute approximate surface area is 200 Å². The van der Waals surface area contributed by atoms with E-state index in [0.29, 0.717) is 0 Å². The van der Waals surface area contributed by atoms with Gasteiger partial charge in [0.2, 0.25) is 20.0 Å². The van der Waals surface area contributed by atoms with Crippen molar-refractivity contribution >= 4 is 20.0 Å². The van der Waals surface area contributed by atoms with E-state index < -0.39 is 20.0 Å². The van der Waals surface area contributed by atoms with Gasteiger partial charge in [-0.1, -0.05) is 84.9 Å². The number of hydrogen-bond acceptors (Lipinski definition) is 4. The standard InChI is InChI=1S/C26H24N2O4S2/c29-33(30,27-19-21-7-3-1-4-8-21)25-15-11-23(12-16-25)24-13-17-26(18-14-24)34(31,32)28-20-22-9-5-2-6-10-22/h1-18,27-28H,19-20H2. The first-order valence-electron chi connectivity index (χ1n) is 10.6. The zero-order chi connectivity index (χ0) is 24.0. The highest BCUT2D eigenvalue weighted by Gasteiger charge is 2.15. The minimum Gasteiger partial charge on any atom is -0.207 e. The topological polar surface area (TPSA) is 92.3 Å². The van der Waals surface area contributed by atoms with Crippen molar-refractivity contribution in [1.82, 2.24) is 9.44 Å². The van der Waals surface area contributed by atoms with Crippen LogP contribution in [0.25, 0.3) is 11.1 Å². The zero-order valence-electron chi connectivity index (χ0n) is 18.3. The monoisotopic (exact) mass is 492 g/mol. The van der Waals surface area contributed by atoms with Gasteiger partial charge in [0.25, 0.3) is 0 Å². The Morgan fingerprint density at radius 3 is 1.09 bits per heavy atom. The summed E-state index contributed by atoms with van der Waals surface area (Å²) < 4.78 is 55.5. The lowest BCUT2D eigenvalue weighted by molar-refractivity contribution is 0.579. The Morgan fingerprint density at radius 2 is 0.765 bits per heavy atom. The zero-order valence-corrected chi connectivity index (χ0v) is 19.9. The predicted molar refractivity (Wildman–Crippen MR) is 133 cm³/mol. The molecule has 0 fully saturated rings. The molecule has 0 unspecified atom stereocenters. The summed E-state index contributed by atoms with van der Waals surface area (Å²) in [6, 6.07) is 31.5. The number of benzene rings is 4. The highest BCUT2D eigenvalue weighted by molar-refractivity contribution is 7.89. The van der Waals surface area contributed by atoms with Gasteiger partial charge in [-0.15, -0.1) is 0 Å². The van der Waals surface area contributed by atoms with Gasteiger partial charge in [0.05, 0.1) is 9.79 Å². The smallest absolute Gasteiger partial charge is 0.207 e. The normalized spacial score (nSPS) is 11.9. The Bertz CT molecular complexity index is 1320. The van der Waals surface area contributed by atoms with Gasteiger partial charge in [-0.05, 0) is 46.5 Å². The van der Waals surface area contributed by atoms with Gasteiger partial charge in [0.15, 0.2) is 0 Å². The number of nitrogens with one attached hydrogen (secondary N) is 2. The molecule has 0 atom stereocenters. The summed E-state index contributed by atoms with van der Waals surface area (Å²) in [4.78, 5) is 0.327. The number of sulfonamides is 2. The first kappa shape index (κ1) is 23.8. The van der Waals surface area contributed by atoms with Crippen LogP contribution in [0.2, 0.25) is 0 Å².